The van der Waals surface area contributed by atoms with Gasteiger partial charge in [-0.3, -0.25) is 0 Å². The van der Waals surface area contributed by atoms with E-state index < -0.39 is 0 Å². The summed E-state index contributed by atoms with van der Waals surface area (Å²) < 4.78 is 0. The minimum Gasteiger partial charge on any atom is -0.394 e. The zero-order chi connectivity index (χ0) is 9.47. The summed E-state index contributed by atoms with van der Waals surface area (Å²) in [5.74, 6) is 0.755. The van der Waals surface area contributed by atoms with Crippen LogP contribution in [0.3, 0.4) is 0 Å². The highest BCUT2D eigenvalue weighted by Crippen LogP contribution is 2.46. The Morgan fingerprint density at radius 1 is 1.62 bits per heavy atom. The Hall–Kier alpha value is -1.32. The van der Waals surface area contributed by atoms with Crippen molar-refractivity contribution in [3.05, 3.63) is 12.5 Å². The molecule has 0 amide bonds. The Morgan fingerprint density at radius 3 is 2.85 bits per heavy atom. The van der Waals surface area contributed by atoms with Crippen LogP contribution >= 0.6 is 0 Å². The smallest absolute Gasteiger partial charge is 0.152 e. The van der Waals surface area contributed by atoms with Gasteiger partial charge in [-0.05, 0) is 11.8 Å². The molecular weight excluding hydrogens is 164 g/mol. The molecule has 0 aromatic carbocycles. The molecular formula is C9H14N4. The fraction of sp³-hybridized carbons (Fsp3) is 0.556. The molecule has 1 unspecified atom stereocenters. The summed E-state index contributed by atoms with van der Waals surface area (Å²) in [6, 6.07) is 0.504. The first-order chi connectivity index (χ1) is 6.09. The highest BCUT2D eigenvalue weighted by atomic mass is 15.1. The summed E-state index contributed by atoms with van der Waals surface area (Å²) >= 11 is 0. The van der Waals surface area contributed by atoms with E-state index in [0.717, 1.165) is 5.82 Å². The maximum atomic E-state index is 5.70. The van der Waals surface area contributed by atoms with Crippen LogP contribution in [0.15, 0.2) is 12.5 Å². The van der Waals surface area contributed by atoms with Crippen molar-refractivity contribution in [1.82, 2.24) is 9.97 Å². The largest absolute Gasteiger partial charge is 0.394 e. The Morgan fingerprint density at radius 2 is 2.31 bits per heavy atom. The second-order valence-corrected chi connectivity index (χ2v) is 4.22. The van der Waals surface area contributed by atoms with E-state index >= 15 is 0 Å². The maximum Gasteiger partial charge on any atom is 0.152 e. The van der Waals surface area contributed by atoms with Gasteiger partial charge in [0, 0.05) is 6.04 Å². The first kappa shape index (κ1) is 8.29. The number of rotatable bonds is 2. The lowest BCUT2D eigenvalue weighted by Gasteiger charge is -2.08. The topological polar surface area (TPSA) is 63.8 Å². The Bertz CT molecular complexity index is 321. The molecule has 70 valence electrons. The van der Waals surface area contributed by atoms with Gasteiger partial charge in [0.25, 0.3) is 0 Å². The van der Waals surface area contributed by atoms with Crippen LogP contribution in [0, 0.1) is 5.41 Å². The van der Waals surface area contributed by atoms with Gasteiger partial charge in [-0.2, -0.15) is 0 Å². The second-order valence-electron chi connectivity index (χ2n) is 4.22. The molecule has 0 spiro atoms. The predicted molar refractivity (Wildman–Crippen MR) is 52.3 cm³/mol. The molecule has 4 nitrogen and oxygen atoms in total. The summed E-state index contributed by atoms with van der Waals surface area (Å²) in [4.78, 5) is 7.91. The number of hydrogen-bond acceptors (Lipinski definition) is 4. The van der Waals surface area contributed by atoms with Crippen LogP contribution in [0.5, 0.6) is 0 Å². The standard InChI is InChI=1S/C9H14N4/c1-9(2)3-7(9)13-8-6(10)4-11-5-12-8/h4-5,7H,3,10H2,1-2H3,(H,11,12,13). The number of nitrogens with one attached hydrogen (secondary N) is 1. The third kappa shape index (κ3) is 1.56. The summed E-state index contributed by atoms with van der Waals surface area (Å²) in [6.45, 7) is 4.45. The lowest BCUT2D eigenvalue weighted by atomic mass is 10.2. The number of hydrogen-bond donors (Lipinski definition) is 2. The van der Waals surface area contributed by atoms with Gasteiger partial charge in [-0.1, -0.05) is 13.8 Å². The summed E-state index contributed by atoms with van der Waals surface area (Å²) in [5.41, 5.74) is 6.70. The Labute approximate surface area is 77.6 Å². The molecule has 0 radical (unpaired) electrons. The van der Waals surface area contributed by atoms with Crippen molar-refractivity contribution >= 4 is 11.5 Å². The average Bonchev–Trinajstić information content (AvgIpc) is 2.64. The third-order valence-corrected chi connectivity index (χ3v) is 2.56. The van der Waals surface area contributed by atoms with Crippen molar-refractivity contribution < 1.29 is 0 Å². The quantitative estimate of drug-likeness (QED) is 0.715. The maximum absolute atomic E-state index is 5.70. The average molecular weight is 178 g/mol. The molecule has 4 heteroatoms. The molecule has 3 N–H and O–H groups in total. The molecule has 0 bridgehead atoms. The number of anilines is 2. The summed E-state index contributed by atoms with van der Waals surface area (Å²) in [5, 5.41) is 3.30. The van der Waals surface area contributed by atoms with Crippen LogP contribution in [0.4, 0.5) is 11.5 Å². The van der Waals surface area contributed by atoms with Crippen molar-refractivity contribution in [1.29, 1.82) is 0 Å². The molecule has 1 heterocycles. The molecule has 0 saturated heterocycles. The van der Waals surface area contributed by atoms with Crippen LogP contribution in [-0.2, 0) is 0 Å². The van der Waals surface area contributed by atoms with Gasteiger partial charge in [0.15, 0.2) is 5.82 Å². The van der Waals surface area contributed by atoms with Crippen LogP contribution in [0.2, 0.25) is 0 Å². The minimum absolute atomic E-state index is 0.386. The number of nitrogens with two attached hydrogens (primary N) is 1. The van der Waals surface area contributed by atoms with Gasteiger partial charge in [0.05, 0.1) is 11.9 Å². The first-order valence-corrected chi connectivity index (χ1v) is 4.41. The fourth-order valence-corrected chi connectivity index (χ4v) is 1.34. The van der Waals surface area contributed by atoms with Crippen molar-refractivity contribution in [2.75, 3.05) is 11.1 Å². The van der Waals surface area contributed by atoms with Crippen molar-refractivity contribution in [2.45, 2.75) is 26.3 Å². The molecule has 1 aliphatic carbocycles. The van der Waals surface area contributed by atoms with Gasteiger partial charge in [0.2, 0.25) is 0 Å². The van der Waals surface area contributed by atoms with Crippen molar-refractivity contribution in [3.63, 3.8) is 0 Å². The lowest BCUT2D eigenvalue weighted by molar-refractivity contribution is 0.630. The van der Waals surface area contributed by atoms with Gasteiger partial charge >= 0.3 is 0 Å². The molecule has 0 aliphatic heterocycles. The van der Waals surface area contributed by atoms with E-state index in [4.69, 9.17) is 5.73 Å². The van der Waals surface area contributed by atoms with Gasteiger partial charge < -0.3 is 11.1 Å². The van der Waals surface area contributed by atoms with E-state index in [1.54, 1.807) is 6.20 Å². The van der Waals surface area contributed by atoms with E-state index in [2.05, 4.69) is 29.1 Å². The predicted octanol–water partition coefficient (Wildman–Crippen LogP) is 1.27. The minimum atomic E-state index is 0.386. The summed E-state index contributed by atoms with van der Waals surface area (Å²) in [7, 11) is 0. The Kier molecular flexibility index (Phi) is 1.65. The molecule has 1 atom stereocenters. The van der Waals surface area contributed by atoms with E-state index in [0.29, 0.717) is 17.1 Å². The van der Waals surface area contributed by atoms with Crippen molar-refractivity contribution in [3.8, 4) is 0 Å². The highest BCUT2D eigenvalue weighted by Gasteiger charge is 2.46. The highest BCUT2D eigenvalue weighted by molar-refractivity contribution is 5.60. The lowest BCUT2D eigenvalue weighted by Crippen LogP contribution is -2.11. The Balaban J connectivity index is 2.07. The van der Waals surface area contributed by atoms with Gasteiger partial charge in [-0.25, -0.2) is 9.97 Å². The fourth-order valence-electron chi connectivity index (χ4n) is 1.34. The SMILES string of the molecule is CC1(C)CC1Nc1ncncc1N. The van der Waals surface area contributed by atoms with E-state index in [-0.39, 0.29) is 0 Å². The van der Waals surface area contributed by atoms with Crippen molar-refractivity contribution in [2.24, 2.45) is 5.41 Å². The monoisotopic (exact) mass is 178 g/mol. The molecule has 2 rings (SSSR count). The molecule has 1 aromatic rings. The van der Waals surface area contributed by atoms with E-state index in [1.165, 1.54) is 12.7 Å². The molecule has 1 aromatic heterocycles. The van der Waals surface area contributed by atoms with Crippen LogP contribution < -0.4 is 11.1 Å². The van der Waals surface area contributed by atoms with Crippen LogP contribution in [0.1, 0.15) is 20.3 Å². The second kappa shape index (κ2) is 2.58. The molecule has 13 heavy (non-hydrogen) atoms. The normalized spacial score (nSPS) is 24.0. The molecule has 1 saturated carbocycles. The number of nitrogens with zero attached hydrogens (tertiary/aromatic N) is 2. The van der Waals surface area contributed by atoms with Crippen LogP contribution in [-0.4, -0.2) is 16.0 Å². The third-order valence-electron chi connectivity index (χ3n) is 2.56. The number of aromatic nitrogens is 2. The molecule has 1 fully saturated rings. The van der Waals surface area contributed by atoms with E-state index in [9.17, 15) is 0 Å². The number of nitrogen functional groups attached to an aromatic ring is 1. The van der Waals surface area contributed by atoms with Gasteiger partial charge in [-0.15, -0.1) is 0 Å². The molecule has 1 aliphatic rings. The zero-order valence-corrected chi connectivity index (χ0v) is 7.91. The van der Waals surface area contributed by atoms with Crippen LogP contribution in [0.25, 0.3) is 0 Å². The van der Waals surface area contributed by atoms with E-state index in [1.807, 2.05) is 0 Å². The van der Waals surface area contributed by atoms with Gasteiger partial charge in [0.1, 0.15) is 6.33 Å². The first-order valence-electron chi connectivity index (χ1n) is 4.41. The summed E-state index contributed by atoms with van der Waals surface area (Å²) in [6.07, 6.45) is 4.30. The zero-order valence-electron chi connectivity index (χ0n) is 7.91.